The molecular weight excluding hydrogens is 259 g/mol. The van der Waals surface area contributed by atoms with Gasteiger partial charge in [0.1, 0.15) is 11.9 Å². The first-order valence-electron chi connectivity index (χ1n) is 5.55. The normalized spacial score (nSPS) is 18.9. The number of aryl methyl sites for hydroxylation is 1. The van der Waals surface area contributed by atoms with Crippen LogP contribution in [-0.4, -0.2) is 31.7 Å². The van der Waals surface area contributed by atoms with Crippen LogP contribution in [0.4, 0.5) is 10.1 Å². The number of ether oxygens (including phenoxy) is 1. The molecule has 0 aromatic heterocycles. The Kier molecular flexibility index (Phi) is 5.53. The largest absolute Gasteiger partial charge is 0.378 e. The molecule has 0 radical (unpaired) electrons. The highest BCUT2D eigenvalue weighted by atomic mass is 35.5. The Bertz CT molecular complexity index is 423. The molecule has 6 heteroatoms. The molecule has 1 amide bonds. The summed E-state index contributed by atoms with van der Waals surface area (Å²) in [5.74, 6) is -0.699. The van der Waals surface area contributed by atoms with Gasteiger partial charge >= 0.3 is 0 Å². The number of halogens is 2. The average Bonchev–Trinajstić information content (AvgIpc) is 2.35. The van der Waals surface area contributed by atoms with E-state index in [1.54, 1.807) is 12.1 Å². The molecule has 1 unspecified atom stereocenters. The minimum Gasteiger partial charge on any atom is -0.378 e. The van der Waals surface area contributed by atoms with Gasteiger partial charge in [0.15, 0.2) is 0 Å². The van der Waals surface area contributed by atoms with Crippen LogP contribution in [0.25, 0.3) is 0 Å². The van der Waals surface area contributed by atoms with Gasteiger partial charge in [0, 0.05) is 6.54 Å². The second-order valence-corrected chi connectivity index (χ2v) is 4.05. The standard InChI is InChI=1S/C12H15FN2O2.ClH/c1-8-2-3-9(13)10(6-8)15-12(16)11-7-17-5-4-14-11;/h2-3,6,11,14H,4-5,7H2,1H3,(H,15,16);1H. The molecule has 1 fully saturated rings. The van der Waals surface area contributed by atoms with Gasteiger partial charge in [-0.05, 0) is 24.6 Å². The van der Waals surface area contributed by atoms with E-state index in [1.165, 1.54) is 6.07 Å². The second-order valence-electron chi connectivity index (χ2n) is 4.05. The van der Waals surface area contributed by atoms with Crippen molar-refractivity contribution in [1.82, 2.24) is 5.32 Å². The molecule has 1 saturated heterocycles. The molecule has 0 saturated carbocycles. The zero-order chi connectivity index (χ0) is 12.3. The predicted molar refractivity (Wildman–Crippen MR) is 69.6 cm³/mol. The van der Waals surface area contributed by atoms with Gasteiger partial charge < -0.3 is 15.4 Å². The number of benzene rings is 1. The van der Waals surface area contributed by atoms with Crippen LogP contribution < -0.4 is 10.6 Å². The molecule has 2 N–H and O–H groups in total. The van der Waals surface area contributed by atoms with Crippen molar-refractivity contribution >= 4 is 24.0 Å². The number of hydrogen-bond donors (Lipinski definition) is 2. The first-order chi connectivity index (χ1) is 8.16. The topological polar surface area (TPSA) is 50.4 Å². The molecular formula is C12H16ClFN2O2. The third-order valence-electron chi connectivity index (χ3n) is 2.62. The highest BCUT2D eigenvalue weighted by Gasteiger charge is 2.21. The average molecular weight is 275 g/mol. The minimum atomic E-state index is -0.430. The van der Waals surface area contributed by atoms with Crippen molar-refractivity contribution < 1.29 is 13.9 Å². The van der Waals surface area contributed by atoms with E-state index in [1.807, 2.05) is 6.92 Å². The van der Waals surface area contributed by atoms with E-state index in [0.717, 1.165) is 5.56 Å². The fourth-order valence-electron chi connectivity index (χ4n) is 1.69. The zero-order valence-electron chi connectivity index (χ0n) is 10.0. The molecule has 0 spiro atoms. The summed E-state index contributed by atoms with van der Waals surface area (Å²) in [5, 5.41) is 5.58. The molecule has 1 aromatic rings. The lowest BCUT2D eigenvalue weighted by Crippen LogP contribution is -2.48. The number of carbonyl (C=O) groups is 1. The van der Waals surface area contributed by atoms with E-state index in [-0.39, 0.29) is 24.0 Å². The van der Waals surface area contributed by atoms with Crippen LogP contribution in [-0.2, 0) is 9.53 Å². The van der Waals surface area contributed by atoms with Crippen molar-refractivity contribution in [1.29, 1.82) is 0 Å². The predicted octanol–water partition coefficient (Wildman–Crippen LogP) is 1.48. The van der Waals surface area contributed by atoms with Crippen LogP contribution in [0.5, 0.6) is 0 Å². The highest BCUT2D eigenvalue weighted by molar-refractivity contribution is 5.95. The van der Waals surface area contributed by atoms with Crippen molar-refractivity contribution in [3.05, 3.63) is 29.6 Å². The summed E-state index contributed by atoms with van der Waals surface area (Å²) in [7, 11) is 0. The summed E-state index contributed by atoms with van der Waals surface area (Å²) in [6.07, 6.45) is 0. The van der Waals surface area contributed by atoms with Crippen LogP contribution >= 0.6 is 12.4 Å². The summed E-state index contributed by atoms with van der Waals surface area (Å²) in [4.78, 5) is 11.8. The van der Waals surface area contributed by atoms with Gasteiger partial charge in [0.05, 0.1) is 18.9 Å². The van der Waals surface area contributed by atoms with Crippen molar-refractivity contribution in [2.24, 2.45) is 0 Å². The molecule has 0 bridgehead atoms. The van der Waals surface area contributed by atoms with Crippen LogP contribution in [0.15, 0.2) is 18.2 Å². The SMILES string of the molecule is Cc1ccc(F)c(NC(=O)C2COCCN2)c1.Cl. The monoisotopic (exact) mass is 274 g/mol. The molecule has 1 aliphatic heterocycles. The van der Waals surface area contributed by atoms with Gasteiger partial charge in [-0.1, -0.05) is 6.07 Å². The van der Waals surface area contributed by atoms with Gasteiger partial charge in [-0.15, -0.1) is 12.4 Å². The summed E-state index contributed by atoms with van der Waals surface area (Å²) < 4.78 is 18.6. The van der Waals surface area contributed by atoms with Gasteiger partial charge in [-0.25, -0.2) is 4.39 Å². The van der Waals surface area contributed by atoms with Crippen molar-refractivity contribution in [2.45, 2.75) is 13.0 Å². The number of anilines is 1. The molecule has 1 aliphatic rings. The molecule has 100 valence electrons. The van der Waals surface area contributed by atoms with Gasteiger partial charge in [-0.2, -0.15) is 0 Å². The quantitative estimate of drug-likeness (QED) is 0.859. The van der Waals surface area contributed by atoms with Crippen molar-refractivity contribution in [3.8, 4) is 0 Å². The van der Waals surface area contributed by atoms with E-state index in [2.05, 4.69) is 10.6 Å². The Labute approximate surface area is 111 Å². The molecule has 1 aromatic carbocycles. The summed E-state index contributed by atoms with van der Waals surface area (Å²) in [5.41, 5.74) is 1.11. The molecule has 4 nitrogen and oxygen atoms in total. The van der Waals surface area contributed by atoms with E-state index < -0.39 is 11.9 Å². The van der Waals surface area contributed by atoms with E-state index >= 15 is 0 Å². The Morgan fingerprint density at radius 1 is 1.56 bits per heavy atom. The van der Waals surface area contributed by atoms with Crippen molar-refractivity contribution in [2.75, 3.05) is 25.1 Å². The number of nitrogens with one attached hydrogen (secondary N) is 2. The van der Waals surface area contributed by atoms with Crippen LogP contribution in [0.2, 0.25) is 0 Å². The van der Waals surface area contributed by atoms with E-state index in [4.69, 9.17) is 4.74 Å². The zero-order valence-corrected chi connectivity index (χ0v) is 10.8. The Hall–Kier alpha value is -1.17. The number of hydrogen-bond acceptors (Lipinski definition) is 3. The molecule has 1 atom stereocenters. The number of rotatable bonds is 2. The Morgan fingerprint density at radius 2 is 2.33 bits per heavy atom. The summed E-state index contributed by atoms with van der Waals surface area (Å²) in [6.45, 7) is 3.40. The molecule has 2 rings (SSSR count). The van der Waals surface area contributed by atoms with Gasteiger partial charge in [0.2, 0.25) is 5.91 Å². The second kappa shape index (κ2) is 6.68. The maximum atomic E-state index is 13.4. The van der Waals surface area contributed by atoms with Crippen LogP contribution in [0.3, 0.4) is 0 Å². The van der Waals surface area contributed by atoms with Crippen molar-refractivity contribution in [3.63, 3.8) is 0 Å². The molecule has 1 heterocycles. The number of amides is 1. The van der Waals surface area contributed by atoms with Gasteiger partial charge in [-0.3, -0.25) is 4.79 Å². The number of morpholine rings is 1. The fourth-order valence-corrected chi connectivity index (χ4v) is 1.69. The lowest BCUT2D eigenvalue weighted by atomic mass is 10.2. The Balaban J connectivity index is 0.00000162. The first kappa shape index (κ1) is 14.9. The lowest BCUT2D eigenvalue weighted by Gasteiger charge is -2.23. The summed E-state index contributed by atoms with van der Waals surface area (Å²) >= 11 is 0. The first-order valence-corrected chi connectivity index (χ1v) is 5.55. The molecule has 0 aliphatic carbocycles. The summed E-state index contributed by atoms with van der Waals surface area (Å²) in [6, 6.07) is 4.20. The third kappa shape index (κ3) is 3.66. The van der Waals surface area contributed by atoms with Crippen LogP contribution in [0, 0.1) is 12.7 Å². The lowest BCUT2D eigenvalue weighted by molar-refractivity contribution is -0.120. The van der Waals surface area contributed by atoms with E-state index in [9.17, 15) is 9.18 Å². The van der Waals surface area contributed by atoms with Crippen LogP contribution in [0.1, 0.15) is 5.56 Å². The number of carbonyl (C=O) groups excluding carboxylic acids is 1. The third-order valence-corrected chi connectivity index (χ3v) is 2.62. The smallest absolute Gasteiger partial charge is 0.243 e. The minimum absolute atomic E-state index is 0. The van der Waals surface area contributed by atoms with Gasteiger partial charge in [0.25, 0.3) is 0 Å². The Morgan fingerprint density at radius 3 is 3.00 bits per heavy atom. The highest BCUT2D eigenvalue weighted by Crippen LogP contribution is 2.15. The maximum Gasteiger partial charge on any atom is 0.243 e. The van der Waals surface area contributed by atoms with E-state index in [0.29, 0.717) is 19.8 Å². The molecule has 18 heavy (non-hydrogen) atoms. The maximum absolute atomic E-state index is 13.4. The fraction of sp³-hybridized carbons (Fsp3) is 0.417.